The molecular weight excluding hydrogens is 336 g/mol. The van der Waals surface area contributed by atoms with Crippen molar-refractivity contribution in [1.29, 1.82) is 0 Å². The maximum absolute atomic E-state index is 11.9. The molecule has 0 atom stereocenters. The molecule has 0 bridgehead atoms. The molecule has 1 aromatic heterocycles. The molecule has 0 aliphatic carbocycles. The Kier molecular flexibility index (Phi) is 5.08. The fraction of sp³-hybridized carbons (Fsp3) is 0.333. The number of nitro groups is 1. The van der Waals surface area contributed by atoms with Crippen LogP contribution in [-0.4, -0.2) is 22.5 Å². The minimum atomic E-state index is -0.587. The van der Waals surface area contributed by atoms with E-state index >= 15 is 0 Å². The minimum absolute atomic E-state index is 0.0337. The smallest absolute Gasteiger partial charge is 0.289 e. The Hall–Kier alpha value is -2.61. The highest BCUT2D eigenvalue weighted by atomic mass is 35.5. The lowest BCUT2D eigenvalue weighted by Crippen LogP contribution is -2.21. The van der Waals surface area contributed by atoms with E-state index in [4.69, 9.17) is 16.1 Å². The van der Waals surface area contributed by atoms with Crippen LogP contribution in [0.15, 0.2) is 28.8 Å². The topological polar surface area (TPSA) is 110 Å². The lowest BCUT2D eigenvalue weighted by molar-refractivity contribution is -0.384. The monoisotopic (exact) mass is 352 g/mol. The van der Waals surface area contributed by atoms with Crippen molar-refractivity contribution in [2.24, 2.45) is 0 Å². The first-order valence-electron chi connectivity index (χ1n) is 7.11. The van der Waals surface area contributed by atoms with Crippen LogP contribution in [-0.2, 0) is 10.2 Å². The van der Waals surface area contributed by atoms with E-state index < -0.39 is 4.92 Å². The van der Waals surface area contributed by atoms with Crippen molar-refractivity contribution in [3.05, 3.63) is 45.1 Å². The number of rotatable bonds is 5. The number of halogens is 1. The summed E-state index contributed by atoms with van der Waals surface area (Å²) in [5, 5.41) is 20.1. The van der Waals surface area contributed by atoms with E-state index in [-0.39, 0.29) is 34.5 Å². The number of hydrogen-bond acceptors (Lipinski definition) is 6. The molecule has 0 aliphatic heterocycles. The van der Waals surface area contributed by atoms with Gasteiger partial charge in [0, 0.05) is 23.2 Å². The average Bonchev–Trinajstić information content (AvgIpc) is 2.94. The van der Waals surface area contributed by atoms with Crippen LogP contribution in [0, 0.1) is 10.1 Å². The van der Waals surface area contributed by atoms with Gasteiger partial charge in [0.25, 0.3) is 5.69 Å². The lowest BCUT2D eigenvalue weighted by atomic mass is 9.92. The van der Waals surface area contributed by atoms with Gasteiger partial charge < -0.3 is 9.84 Å². The molecule has 0 radical (unpaired) electrons. The molecule has 8 nitrogen and oxygen atoms in total. The maximum Gasteiger partial charge on any atom is 0.289 e. The number of hydrogen-bond donors (Lipinski definition) is 2. The molecule has 2 rings (SSSR count). The van der Waals surface area contributed by atoms with Crippen LogP contribution in [0.1, 0.15) is 26.5 Å². The molecule has 9 heteroatoms. The molecule has 1 aromatic carbocycles. The van der Waals surface area contributed by atoms with Gasteiger partial charge in [0.05, 0.1) is 17.2 Å². The highest BCUT2D eigenvalue weighted by Crippen LogP contribution is 2.27. The summed E-state index contributed by atoms with van der Waals surface area (Å²) in [6, 6.07) is 5.87. The number of carbonyl (C=O) groups excluding carboxylic acids is 1. The molecule has 1 amide bonds. The van der Waals surface area contributed by atoms with Crippen LogP contribution >= 0.6 is 11.6 Å². The quantitative estimate of drug-likeness (QED) is 0.628. The number of benzene rings is 1. The molecule has 0 saturated carbocycles. The van der Waals surface area contributed by atoms with E-state index in [0.29, 0.717) is 5.69 Å². The minimum Gasteiger partial charge on any atom is -0.376 e. The van der Waals surface area contributed by atoms with Crippen molar-refractivity contribution in [3.8, 4) is 0 Å². The summed E-state index contributed by atoms with van der Waals surface area (Å²) in [5.74, 6) is -0.127. The molecule has 0 spiro atoms. The van der Waals surface area contributed by atoms with Crippen LogP contribution in [0.4, 0.5) is 17.3 Å². The first-order valence-corrected chi connectivity index (χ1v) is 7.49. The zero-order chi connectivity index (χ0) is 17.9. The summed E-state index contributed by atoms with van der Waals surface area (Å²) in [5.41, 5.74) is 0.716. The summed E-state index contributed by atoms with van der Waals surface area (Å²) in [6.07, 6.45) is 0. The van der Waals surface area contributed by atoms with Crippen molar-refractivity contribution < 1.29 is 14.2 Å². The third-order valence-corrected chi connectivity index (χ3v) is 3.46. The van der Waals surface area contributed by atoms with Crippen LogP contribution < -0.4 is 10.6 Å². The number of nitro benzene ring substituents is 1. The first-order chi connectivity index (χ1) is 11.2. The molecule has 1 heterocycles. The Morgan fingerprint density at radius 3 is 2.67 bits per heavy atom. The average molecular weight is 353 g/mol. The van der Waals surface area contributed by atoms with Crippen LogP contribution in [0.3, 0.4) is 0 Å². The van der Waals surface area contributed by atoms with Gasteiger partial charge in [0.2, 0.25) is 11.8 Å². The molecule has 0 saturated heterocycles. The summed E-state index contributed by atoms with van der Waals surface area (Å²) in [4.78, 5) is 22.2. The molecule has 0 unspecified atom stereocenters. The van der Waals surface area contributed by atoms with E-state index in [1.54, 1.807) is 12.1 Å². The summed E-state index contributed by atoms with van der Waals surface area (Å²) in [7, 11) is 0. The van der Waals surface area contributed by atoms with Gasteiger partial charge in [0.15, 0.2) is 0 Å². The number of anilines is 2. The third-order valence-electron chi connectivity index (χ3n) is 3.14. The van der Waals surface area contributed by atoms with Crippen LogP contribution in [0.25, 0.3) is 0 Å². The van der Waals surface area contributed by atoms with Crippen molar-refractivity contribution in [3.63, 3.8) is 0 Å². The van der Waals surface area contributed by atoms with Gasteiger partial charge in [-0.25, -0.2) is 0 Å². The standard InChI is InChI=1S/C15H17ClN4O4/c1-15(2,3)12-7-14(24-19-12)18-13(21)8-17-9-4-5-10(16)11(6-9)20(22)23/h4-7,17H,8H2,1-3H3,(H,18,21). The van der Waals surface area contributed by atoms with Gasteiger partial charge in [-0.05, 0) is 12.1 Å². The number of aromatic nitrogens is 1. The van der Waals surface area contributed by atoms with E-state index in [9.17, 15) is 14.9 Å². The number of carbonyl (C=O) groups is 1. The molecule has 2 aromatic rings. The van der Waals surface area contributed by atoms with E-state index in [1.165, 1.54) is 12.1 Å². The molecule has 0 fully saturated rings. The van der Waals surface area contributed by atoms with E-state index in [1.807, 2.05) is 20.8 Å². The molecule has 0 aliphatic rings. The second-order valence-corrected chi connectivity index (χ2v) is 6.56. The zero-order valence-electron chi connectivity index (χ0n) is 13.4. The predicted molar refractivity (Wildman–Crippen MR) is 90.4 cm³/mol. The van der Waals surface area contributed by atoms with Gasteiger partial charge in [0.1, 0.15) is 5.02 Å². The van der Waals surface area contributed by atoms with Gasteiger partial charge in [-0.1, -0.05) is 37.5 Å². The number of nitrogens with zero attached hydrogens (tertiary/aromatic N) is 2. The van der Waals surface area contributed by atoms with Crippen LogP contribution in [0.5, 0.6) is 0 Å². The number of nitrogens with one attached hydrogen (secondary N) is 2. The Morgan fingerprint density at radius 2 is 2.08 bits per heavy atom. The molecule has 24 heavy (non-hydrogen) atoms. The van der Waals surface area contributed by atoms with Crippen molar-refractivity contribution in [2.45, 2.75) is 26.2 Å². The second kappa shape index (κ2) is 6.88. The Morgan fingerprint density at radius 1 is 1.38 bits per heavy atom. The van der Waals surface area contributed by atoms with Gasteiger partial charge in [-0.15, -0.1) is 0 Å². The van der Waals surface area contributed by atoms with E-state index in [2.05, 4.69) is 15.8 Å². The number of amides is 1. The highest BCUT2D eigenvalue weighted by Gasteiger charge is 2.19. The van der Waals surface area contributed by atoms with E-state index in [0.717, 1.165) is 5.69 Å². The van der Waals surface area contributed by atoms with Crippen molar-refractivity contribution >= 4 is 34.8 Å². The first kappa shape index (κ1) is 17.7. The summed E-state index contributed by atoms with van der Waals surface area (Å²) in [6.45, 7) is 5.84. The predicted octanol–water partition coefficient (Wildman–Crippen LogP) is 3.58. The molecule has 2 N–H and O–H groups in total. The third kappa shape index (κ3) is 4.45. The van der Waals surface area contributed by atoms with Crippen LogP contribution in [0.2, 0.25) is 5.02 Å². The van der Waals surface area contributed by atoms with Gasteiger partial charge in [-0.2, -0.15) is 0 Å². The Balaban J connectivity index is 1.95. The van der Waals surface area contributed by atoms with Crippen molar-refractivity contribution in [1.82, 2.24) is 5.16 Å². The summed E-state index contributed by atoms with van der Waals surface area (Å²) < 4.78 is 5.06. The fourth-order valence-electron chi connectivity index (χ4n) is 1.81. The second-order valence-electron chi connectivity index (χ2n) is 6.15. The van der Waals surface area contributed by atoms with Crippen molar-refractivity contribution in [2.75, 3.05) is 17.2 Å². The Labute approximate surface area is 143 Å². The van der Waals surface area contributed by atoms with Gasteiger partial charge in [-0.3, -0.25) is 20.2 Å². The lowest BCUT2D eigenvalue weighted by Gasteiger charge is -2.12. The maximum atomic E-state index is 11.9. The fourth-order valence-corrected chi connectivity index (χ4v) is 2.00. The highest BCUT2D eigenvalue weighted by molar-refractivity contribution is 6.32. The molecular formula is C15H17ClN4O4. The normalized spacial score (nSPS) is 11.2. The SMILES string of the molecule is CC(C)(C)c1cc(NC(=O)CNc2ccc(Cl)c([N+](=O)[O-])c2)on1. The molecule has 128 valence electrons. The summed E-state index contributed by atoms with van der Waals surface area (Å²) >= 11 is 5.73. The zero-order valence-corrected chi connectivity index (χ0v) is 14.2. The Bertz CT molecular complexity index is 767. The largest absolute Gasteiger partial charge is 0.376 e. The van der Waals surface area contributed by atoms with Gasteiger partial charge >= 0.3 is 0 Å².